The maximum atomic E-state index is 10.4. The molecule has 0 saturated carbocycles. The first-order valence-corrected chi connectivity index (χ1v) is 8.09. The molecule has 2 aromatic carbocycles. The van der Waals surface area contributed by atoms with Crippen LogP contribution in [0.2, 0.25) is 0 Å². The van der Waals surface area contributed by atoms with E-state index < -0.39 is 0 Å². The van der Waals surface area contributed by atoms with Crippen LogP contribution >= 0.6 is 0 Å². The maximum Gasteiger partial charge on any atom is 0.168 e. The smallest absolute Gasteiger partial charge is 0.168 e. The fourth-order valence-corrected chi connectivity index (χ4v) is 4.00. The van der Waals surface area contributed by atoms with Crippen LogP contribution in [-0.4, -0.2) is 33.0 Å². The van der Waals surface area contributed by atoms with Gasteiger partial charge in [-0.3, -0.25) is 0 Å². The molecule has 1 heterocycles. The van der Waals surface area contributed by atoms with Gasteiger partial charge >= 0.3 is 0 Å². The molecule has 5 heteroatoms. The predicted octanol–water partition coefficient (Wildman–Crippen LogP) is 2.83. The molecule has 2 aromatic rings. The molecule has 1 unspecified atom stereocenters. The van der Waals surface area contributed by atoms with Crippen molar-refractivity contribution in [2.75, 3.05) is 27.9 Å². The fourth-order valence-electron chi connectivity index (χ4n) is 4.00. The Labute approximate surface area is 141 Å². The molecular weight excluding hydrogens is 306 g/mol. The Balaban J connectivity index is 2.05. The molecule has 1 atom stereocenters. The minimum absolute atomic E-state index is 0.189. The number of phenolic OH excluding ortho intramolecular Hbond substituents is 1. The Morgan fingerprint density at radius 2 is 1.75 bits per heavy atom. The van der Waals surface area contributed by atoms with Gasteiger partial charge in [-0.15, -0.1) is 0 Å². The summed E-state index contributed by atoms with van der Waals surface area (Å²) in [6, 6.07) is 6.08. The first-order chi connectivity index (χ1) is 11.7. The van der Waals surface area contributed by atoms with Crippen LogP contribution in [0.1, 0.15) is 22.7 Å². The highest BCUT2D eigenvalue weighted by molar-refractivity contribution is 5.84. The minimum atomic E-state index is 0.189. The zero-order valence-corrected chi connectivity index (χ0v) is 14.1. The highest BCUT2D eigenvalue weighted by Crippen LogP contribution is 2.52. The summed E-state index contributed by atoms with van der Waals surface area (Å²) in [5.74, 6) is 2.11. The number of fused-ring (bicyclic) bond motifs is 2. The molecule has 4 rings (SSSR count). The van der Waals surface area contributed by atoms with Crippen molar-refractivity contribution in [3.63, 3.8) is 0 Å². The summed E-state index contributed by atoms with van der Waals surface area (Å²) in [4.78, 5) is 0. The van der Waals surface area contributed by atoms with Gasteiger partial charge in [-0.2, -0.15) is 0 Å². The van der Waals surface area contributed by atoms with E-state index in [2.05, 4.69) is 5.32 Å². The molecule has 0 radical (unpaired) electrons. The number of benzene rings is 2. The Morgan fingerprint density at radius 1 is 1.00 bits per heavy atom. The van der Waals surface area contributed by atoms with Gasteiger partial charge in [-0.1, -0.05) is 0 Å². The van der Waals surface area contributed by atoms with Crippen molar-refractivity contribution in [3.05, 3.63) is 34.9 Å². The molecule has 0 spiro atoms. The van der Waals surface area contributed by atoms with E-state index >= 15 is 0 Å². The van der Waals surface area contributed by atoms with Gasteiger partial charge in [0.25, 0.3) is 0 Å². The SMILES string of the molecule is COc1cc2c(cc1OC)-c1c(OC)c(O)cc3c1C(C2)NCC3. The van der Waals surface area contributed by atoms with Crippen LogP contribution in [-0.2, 0) is 12.8 Å². The average molecular weight is 327 g/mol. The summed E-state index contributed by atoms with van der Waals surface area (Å²) >= 11 is 0. The van der Waals surface area contributed by atoms with Gasteiger partial charge in [0.05, 0.1) is 21.3 Å². The molecule has 1 aliphatic heterocycles. The quantitative estimate of drug-likeness (QED) is 0.908. The van der Waals surface area contributed by atoms with E-state index in [0.717, 1.165) is 41.8 Å². The third-order valence-corrected chi connectivity index (χ3v) is 5.03. The molecule has 0 fully saturated rings. The van der Waals surface area contributed by atoms with Crippen LogP contribution in [0.4, 0.5) is 0 Å². The van der Waals surface area contributed by atoms with E-state index in [9.17, 15) is 5.11 Å². The summed E-state index contributed by atoms with van der Waals surface area (Å²) in [5.41, 5.74) is 5.58. The van der Waals surface area contributed by atoms with Gasteiger partial charge < -0.3 is 24.6 Å². The van der Waals surface area contributed by atoms with Crippen molar-refractivity contribution in [1.29, 1.82) is 0 Å². The van der Waals surface area contributed by atoms with Crippen molar-refractivity contribution in [3.8, 4) is 34.1 Å². The minimum Gasteiger partial charge on any atom is -0.504 e. The standard InChI is InChI=1S/C19H21NO4/c1-22-15-8-11-6-13-17-10(4-5-20-13)7-14(21)19(24-3)18(17)12(11)9-16(15)23-2/h7-9,13,20-21H,4-6H2,1-3H3. The lowest BCUT2D eigenvalue weighted by atomic mass is 9.77. The van der Waals surface area contributed by atoms with Crippen LogP contribution in [0.3, 0.4) is 0 Å². The normalized spacial score (nSPS) is 17.7. The largest absolute Gasteiger partial charge is 0.504 e. The van der Waals surface area contributed by atoms with Crippen LogP contribution in [0.5, 0.6) is 23.0 Å². The molecule has 0 bridgehead atoms. The highest BCUT2D eigenvalue weighted by Gasteiger charge is 2.34. The number of rotatable bonds is 3. The number of hydrogen-bond donors (Lipinski definition) is 2. The first-order valence-electron chi connectivity index (χ1n) is 8.09. The summed E-state index contributed by atoms with van der Waals surface area (Å²) in [5, 5.41) is 14.0. The summed E-state index contributed by atoms with van der Waals surface area (Å²) < 4.78 is 16.5. The van der Waals surface area contributed by atoms with Gasteiger partial charge in [0.2, 0.25) is 0 Å². The van der Waals surface area contributed by atoms with Crippen molar-refractivity contribution in [2.45, 2.75) is 18.9 Å². The molecule has 0 saturated heterocycles. The third kappa shape index (κ3) is 2.04. The fraction of sp³-hybridized carbons (Fsp3) is 0.368. The molecule has 24 heavy (non-hydrogen) atoms. The molecular formula is C19H21NO4. The summed E-state index contributed by atoms with van der Waals surface area (Å²) in [7, 11) is 4.87. The van der Waals surface area contributed by atoms with E-state index in [-0.39, 0.29) is 11.8 Å². The Morgan fingerprint density at radius 3 is 2.46 bits per heavy atom. The van der Waals surface area contributed by atoms with E-state index in [0.29, 0.717) is 11.5 Å². The monoisotopic (exact) mass is 327 g/mol. The molecule has 0 amide bonds. The predicted molar refractivity (Wildman–Crippen MR) is 91.4 cm³/mol. The second-order valence-electron chi connectivity index (χ2n) is 6.20. The molecule has 126 valence electrons. The lowest BCUT2D eigenvalue weighted by Gasteiger charge is -2.35. The molecule has 1 aliphatic carbocycles. The lowest BCUT2D eigenvalue weighted by molar-refractivity contribution is 0.353. The van der Waals surface area contributed by atoms with Gasteiger partial charge in [-0.05, 0) is 59.8 Å². The van der Waals surface area contributed by atoms with Crippen molar-refractivity contribution >= 4 is 0 Å². The van der Waals surface area contributed by atoms with Crippen molar-refractivity contribution in [2.24, 2.45) is 0 Å². The number of nitrogens with one attached hydrogen (secondary N) is 1. The van der Waals surface area contributed by atoms with Gasteiger partial charge in [0.15, 0.2) is 23.0 Å². The van der Waals surface area contributed by atoms with Crippen LogP contribution in [0, 0.1) is 0 Å². The zero-order chi connectivity index (χ0) is 16.8. The van der Waals surface area contributed by atoms with Gasteiger partial charge in [0, 0.05) is 11.6 Å². The van der Waals surface area contributed by atoms with E-state index in [1.807, 2.05) is 18.2 Å². The topological polar surface area (TPSA) is 60.0 Å². The van der Waals surface area contributed by atoms with Gasteiger partial charge in [0.1, 0.15) is 0 Å². The Bertz CT molecular complexity index is 816. The molecule has 0 aromatic heterocycles. The number of ether oxygens (including phenoxy) is 3. The van der Waals surface area contributed by atoms with E-state index in [4.69, 9.17) is 14.2 Å². The number of phenols is 1. The van der Waals surface area contributed by atoms with Crippen LogP contribution in [0.25, 0.3) is 11.1 Å². The third-order valence-electron chi connectivity index (χ3n) is 5.03. The van der Waals surface area contributed by atoms with Crippen LogP contribution < -0.4 is 19.5 Å². The highest BCUT2D eigenvalue weighted by atomic mass is 16.5. The maximum absolute atomic E-state index is 10.4. The van der Waals surface area contributed by atoms with Crippen molar-refractivity contribution < 1.29 is 19.3 Å². The summed E-state index contributed by atoms with van der Waals surface area (Å²) in [6.45, 7) is 0.908. The second-order valence-corrected chi connectivity index (χ2v) is 6.20. The molecule has 2 N–H and O–H groups in total. The van der Waals surface area contributed by atoms with E-state index in [1.54, 1.807) is 21.3 Å². The average Bonchev–Trinajstić information content (AvgIpc) is 2.60. The molecule has 5 nitrogen and oxygen atoms in total. The van der Waals surface area contributed by atoms with Crippen LogP contribution in [0.15, 0.2) is 18.2 Å². The van der Waals surface area contributed by atoms with Crippen molar-refractivity contribution in [1.82, 2.24) is 5.32 Å². The first kappa shape index (κ1) is 15.1. The Kier molecular flexibility index (Phi) is 3.53. The van der Waals surface area contributed by atoms with Gasteiger partial charge in [-0.25, -0.2) is 0 Å². The zero-order valence-electron chi connectivity index (χ0n) is 14.1. The summed E-state index contributed by atoms with van der Waals surface area (Å²) in [6.07, 6.45) is 1.78. The number of hydrogen-bond acceptors (Lipinski definition) is 5. The second kappa shape index (κ2) is 5.60. The molecule has 2 aliphatic rings. The Hall–Kier alpha value is -2.40. The number of aromatic hydroxyl groups is 1. The van der Waals surface area contributed by atoms with E-state index in [1.165, 1.54) is 11.1 Å². The lowest BCUT2D eigenvalue weighted by Crippen LogP contribution is -2.33. The number of methoxy groups -OCH3 is 3.